The van der Waals surface area contributed by atoms with Crippen LogP contribution in [0.3, 0.4) is 0 Å². The minimum atomic E-state index is -0.154. The summed E-state index contributed by atoms with van der Waals surface area (Å²) in [6.45, 7) is 3.94. The van der Waals surface area contributed by atoms with E-state index in [1.807, 2.05) is 32.0 Å². The van der Waals surface area contributed by atoms with Gasteiger partial charge in [0, 0.05) is 15.6 Å². The van der Waals surface area contributed by atoms with Crippen LogP contribution in [0.15, 0.2) is 41.3 Å². The van der Waals surface area contributed by atoms with Crippen molar-refractivity contribution in [2.24, 2.45) is 0 Å². The summed E-state index contributed by atoms with van der Waals surface area (Å²) in [6.07, 6.45) is 1.71. The van der Waals surface area contributed by atoms with E-state index in [-0.39, 0.29) is 5.91 Å². The van der Waals surface area contributed by atoms with Gasteiger partial charge in [0.15, 0.2) is 4.32 Å². The molecule has 1 heterocycles. The first-order chi connectivity index (χ1) is 11.4. The smallest absolute Gasteiger partial charge is 0.268 e. The number of amides is 1. The Morgan fingerprint density at radius 1 is 1.04 bits per heavy atom. The zero-order valence-electron chi connectivity index (χ0n) is 13.0. The molecule has 1 saturated heterocycles. The van der Waals surface area contributed by atoms with Gasteiger partial charge in [-0.15, -0.1) is 0 Å². The summed E-state index contributed by atoms with van der Waals surface area (Å²) >= 11 is 19.1. The highest BCUT2D eigenvalue weighted by atomic mass is 35.5. The van der Waals surface area contributed by atoms with Gasteiger partial charge < -0.3 is 0 Å². The normalized spacial score (nSPS) is 16.3. The lowest BCUT2D eigenvalue weighted by molar-refractivity contribution is -0.113. The standard InChI is InChI=1S/C18H13Cl2NOS2/c1-10-5-3-6-11(2)16(10)21-17(22)15(24-18(21)23)9-12-13(19)7-4-8-14(12)20/h3-9H,1-2H3/b15-9-. The van der Waals surface area contributed by atoms with Gasteiger partial charge in [-0.25, -0.2) is 0 Å². The molecule has 0 atom stereocenters. The van der Waals surface area contributed by atoms with Gasteiger partial charge in [-0.2, -0.15) is 0 Å². The minimum Gasteiger partial charge on any atom is -0.268 e. The molecule has 0 aromatic heterocycles. The Morgan fingerprint density at radius 3 is 2.17 bits per heavy atom. The quantitative estimate of drug-likeness (QED) is 0.459. The molecule has 1 aliphatic rings. The second kappa shape index (κ2) is 6.89. The highest BCUT2D eigenvalue weighted by Gasteiger charge is 2.35. The molecular weight excluding hydrogens is 381 g/mol. The van der Waals surface area contributed by atoms with Crippen LogP contribution in [0.4, 0.5) is 5.69 Å². The van der Waals surface area contributed by atoms with Crippen LogP contribution >= 0.6 is 47.2 Å². The largest absolute Gasteiger partial charge is 0.270 e. The molecule has 2 aromatic rings. The van der Waals surface area contributed by atoms with Gasteiger partial charge in [0.05, 0.1) is 10.6 Å². The molecular formula is C18H13Cl2NOS2. The van der Waals surface area contributed by atoms with E-state index in [0.29, 0.717) is 24.8 Å². The second-order valence-corrected chi connectivity index (χ2v) is 7.88. The predicted molar refractivity (Wildman–Crippen MR) is 108 cm³/mol. The zero-order chi connectivity index (χ0) is 17.4. The molecule has 1 aliphatic heterocycles. The van der Waals surface area contributed by atoms with Crippen molar-refractivity contribution in [2.45, 2.75) is 13.8 Å². The summed E-state index contributed by atoms with van der Waals surface area (Å²) in [5.41, 5.74) is 3.48. The van der Waals surface area contributed by atoms with Crippen molar-refractivity contribution in [3.63, 3.8) is 0 Å². The fraction of sp³-hybridized carbons (Fsp3) is 0.111. The first kappa shape index (κ1) is 17.5. The van der Waals surface area contributed by atoms with E-state index < -0.39 is 0 Å². The number of aryl methyl sites for hydroxylation is 2. The average molecular weight is 394 g/mol. The number of para-hydroxylation sites is 1. The van der Waals surface area contributed by atoms with Crippen LogP contribution in [0.5, 0.6) is 0 Å². The van der Waals surface area contributed by atoms with E-state index in [4.69, 9.17) is 35.4 Å². The first-order valence-electron chi connectivity index (χ1n) is 7.18. The van der Waals surface area contributed by atoms with Crippen molar-refractivity contribution < 1.29 is 4.79 Å². The Balaban J connectivity index is 2.06. The molecule has 0 N–H and O–H groups in total. The van der Waals surface area contributed by atoms with Gasteiger partial charge in [0.1, 0.15) is 0 Å². The highest BCUT2D eigenvalue weighted by Crippen LogP contribution is 2.40. The number of rotatable bonds is 2. The number of thioether (sulfide) groups is 1. The van der Waals surface area contributed by atoms with E-state index in [9.17, 15) is 4.79 Å². The third-order valence-electron chi connectivity index (χ3n) is 3.73. The summed E-state index contributed by atoms with van der Waals surface area (Å²) in [4.78, 5) is 15.0. The van der Waals surface area contributed by atoms with Crippen LogP contribution in [-0.4, -0.2) is 10.2 Å². The summed E-state index contributed by atoms with van der Waals surface area (Å²) < 4.78 is 0.506. The van der Waals surface area contributed by atoms with Crippen LogP contribution in [0, 0.1) is 13.8 Å². The van der Waals surface area contributed by atoms with E-state index in [2.05, 4.69) is 0 Å². The van der Waals surface area contributed by atoms with E-state index in [0.717, 1.165) is 16.8 Å². The Bertz CT molecular complexity index is 852. The van der Waals surface area contributed by atoms with Gasteiger partial charge in [-0.1, -0.05) is 71.4 Å². The number of carbonyl (C=O) groups excluding carboxylic acids is 1. The second-order valence-electron chi connectivity index (χ2n) is 5.39. The number of carbonyl (C=O) groups is 1. The molecule has 24 heavy (non-hydrogen) atoms. The molecule has 6 heteroatoms. The van der Waals surface area contributed by atoms with E-state index >= 15 is 0 Å². The van der Waals surface area contributed by atoms with Crippen molar-refractivity contribution in [3.05, 3.63) is 68.0 Å². The lowest BCUT2D eigenvalue weighted by Crippen LogP contribution is -2.29. The maximum Gasteiger partial charge on any atom is 0.270 e. The van der Waals surface area contributed by atoms with E-state index in [1.165, 1.54) is 11.8 Å². The molecule has 122 valence electrons. The average Bonchev–Trinajstić information content (AvgIpc) is 2.78. The number of thiocarbonyl (C=S) groups is 1. The van der Waals surface area contributed by atoms with Crippen molar-refractivity contribution >= 4 is 69.2 Å². The fourth-order valence-corrected chi connectivity index (χ4v) is 4.36. The monoisotopic (exact) mass is 393 g/mol. The van der Waals surface area contributed by atoms with Crippen molar-refractivity contribution in [3.8, 4) is 0 Å². The van der Waals surface area contributed by atoms with Crippen LogP contribution < -0.4 is 4.90 Å². The maximum absolute atomic E-state index is 12.9. The Morgan fingerprint density at radius 2 is 1.58 bits per heavy atom. The molecule has 3 rings (SSSR count). The highest BCUT2D eigenvalue weighted by molar-refractivity contribution is 8.27. The van der Waals surface area contributed by atoms with Gasteiger partial charge in [-0.3, -0.25) is 9.69 Å². The molecule has 1 fully saturated rings. The Labute approximate surface area is 160 Å². The number of anilines is 1. The third kappa shape index (κ3) is 3.11. The van der Waals surface area contributed by atoms with Gasteiger partial charge in [0.2, 0.25) is 0 Å². The third-order valence-corrected chi connectivity index (χ3v) is 5.69. The molecule has 2 aromatic carbocycles. The van der Waals surface area contributed by atoms with Crippen molar-refractivity contribution in [1.29, 1.82) is 0 Å². The maximum atomic E-state index is 12.9. The van der Waals surface area contributed by atoms with Crippen molar-refractivity contribution in [2.75, 3.05) is 4.90 Å². The molecule has 0 aliphatic carbocycles. The molecule has 0 unspecified atom stereocenters. The number of benzene rings is 2. The van der Waals surface area contributed by atoms with Crippen LogP contribution in [-0.2, 0) is 4.79 Å². The van der Waals surface area contributed by atoms with Crippen molar-refractivity contribution in [1.82, 2.24) is 0 Å². The van der Waals surface area contributed by atoms with Gasteiger partial charge in [0.25, 0.3) is 5.91 Å². The number of hydrogen-bond donors (Lipinski definition) is 0. The van der Waals surface area contributed by atoms with Gasteiger partial charge >= 0.3 is 0 Å². The lowest BCUT2D eigenvalue weighted by atomic mass is 10.1. The van der Waals surface area contributed by atoms with Crippen LogP contribution in [0.25, 0.3) is 6.08 Å². The first-order valence-corrected chi connectivity index (χ1v) is 9.16. The Kier molecular flexibility index (Phi) is 5.02. The topological polar surface area (TPSA) is 20.3 Å². The SMILES string of the molecule is Cc1cccc(C)c1N1C(=O)/C(=C/c2c(Cl)cccc2Cl)SC1=S. The summed E-state index contributed by atoms with van der Waals surface area (Å²) in [5, 5.41) is 1.000. The van der Waals surface area contributed by atoms with Crippen LogP contribution in [0.1, 0.15) is 16.7 Å². The fourth-order valence-electron chi connectivity index (χ4n) is 2.60. The molecule has 0 saturated carbocycles. The molecule has 0 spiro atoms. The zero-order valence-corrected chi connectivity index (χ0v) is 16.1. The summed E-state index contributed by atoms with van der Waals surface area (Å²) in [7, 11) is 0. The number of nitrogens with zero attached hydrogens (tertiary/aromatic N) is 1. The number of hydrogen-bond acceptors (Lipinski definition) is 3. The molecule has 0 radical (unpaired) electrons. The van der Waals surface area contributed by atoms with Gasteiger partial charge in [-0.05, 0) is 43.2 Å². The molecule has 2 nitrogen and oxygen atoms in total. The predicted octanol–water partition coefficient (Wildman–Crippen LogP) is 6.02. The van der Waals surface area contributed by atoms with E-state index in [1.54, 1.807) is 29.2 Å². The molecule has 0 bridgehead atoms. The van der Waals surface area contributed by atoms with Crippen LogP contribution in [0.2, 0.25) is 10.0 Å². The molecule has 1 amide bonds. The lowest BCUT2D eigenvalue weighted by Gasteiger charge is -2.19. The minimum absolute atomic E-state index is 0.154. The summed E-state index contributed by atoms with van der Waals surface area (Å²) in [6, 6.07) is 11.1. The Hall–Kier alpha value is -1.33. The number of halogens is 2. The summed E-state index contributed by atoms with van der Waals surface area (Å²) in [5.74, 6) is -0.154.